The van der Waals surface area contributed by atoms with E-state index in [1.54, 1.807) is 0 Å². The van der Waals surface area contributed by atoms with Crippen LogP contribution in [0, 0.1) is 17.3 Å². The molecule has 1 aromatic rings. The van der Waals surface area contributed by atoms with Crippen molar-refractivity contribution in [3.63, 3.8) is 0 Å². The zero-order valence-corrected chi connectivity index (χ0v) is 20.6. The van der Waals surface area contributed by atoms with E-state index in [0.717, 1.165) is 45.1 Å². The van der Waals surface area contributed by atoms with Crippen molar-refractivity contribution < 1.29 is 19.7 Å². The number of benzene rings is 1. The van der Waals surface area contributed by atoms with Gasteiger partial charge in [-0.05, 0) is 49.0 Å². The van der Waals surface area contributed by atoms with Gasteiger partial charge in [-0.15, -0.1) is 0 Å². The van der Waals surface area contributed by atoms with Crippen molar-refractivity contribution in [3.8, 4) is 0 Å². The highest BCUT2D eigenvalue weighted by atomic mass is 16.5. The van der Waals surface area contributed by atoms with Crippen molar-refractivity contribution in [2.45, 2.75) is 89.8 Å². The summed E-state index contributed by atoms with van der Waals surface area (Å²) in [5.74, 6) is -0.0712. The van der Waals surface area contributed by atoms with Crippen LogP contribution in [-0.4, -0.2) is 35.0 Å². The van der Waals surface area contributed by atoms with E-state index in [9.17, 15) is 9.90 Å². The molecule has 2 fully saturated rings. The third-order valence-electron chi connectivity index (χ3n) is 7.88. The van der Waals surface area contributed by atoms with E-state index in [4.69, 9.17) is 9.84 Å². The van der Waals surface area contributed by atoms with Gasteiger partial charge in [-0.2, -0.15) is 0 Å². The molecule has 0 radical (unpaired) electrons. The summed E-state index contributed by atoms with van der Waals surface area (Å²) in [5, 5.41) is 19.8. The molecule has 4 nitrogen and oxygen atoms in total. The number of ether oxygens (including phenoxy) is 1. The molecule has 1 aromatic carbocycles. The van der Waals surface area contributed by atoms with Crippen LogP contribution in [0.25, 0.3) is 0 Å². The highest BCUT2D eigenvalue weighted by Gasteiger charge is 2.58. The maximum absolute atomic E-state index is 10.9. The normalized spacial score (nSPS) is 28.2. The van der Waals surface area contributed by atoms with E-state index in [-0.39, 0.29) is 29.3 Å². The minimum atomic E-state index is -0.734. The summed E-state index contributed by atoms with van der Waals surface area (Å²) >= 11 is 0. The summed E-state index contributed by atoms with van der Waals surface area (Å²) in [5.41, 5.74) is 1.20. The third-order valence-corrected chi connectivity index (χ3v) is 7.88. The lowest BCUT2D eigenvalue weighted by Gasteiger charge is -2.38. The van der Waals surface area contributed by atoms with Crippen LogP contribution in [0.3, 0.4) is 0 Å². The molecule has 0 amide bonds. The number of aliphatic hydroxyl groups is 1. The second-order valence-corrected chi connectivity index (χ2v) is 10.7. The largest absolute Gasteiger partial charge is 0.481 e. The van der Waals surface area contributed by atoms with Crippen molar-refractivity contribution in [2.75, 3.05) is 6.61 Å². The summed E-state index contributed by atoms with van der Waals surface area (Å²) in [6, 6.07) is 10.7. The van der Waals surface area contributed by atoms with Gasteiger partial charge < -0.3 is 14.9 Å². The van der Waals surface area contributed by atoms with E-state index < -0.39 is 12.1 Å². The second-order valence-electron chi connectivity index (χ2n) is 10.7. The van der Waals surface area contributed by atoms with Crippen LogP contribution in [0.1, 0.15) is 77.7 Å². The molecule has 1 aliphatic carbocycles. The smallest absolute Gasteiger partial charge is 0.303 e. The molecule has 3 rings (SSSR count). The van der Waals surface area contributed by atoms with Crippen molar-refractivity contribution in [1.29, 1.82) is 0 Å². The zero-order valence-electron chi connectivity index (χ0n) is 20.6. The number of aliphatic carboxylic acids is 1. The van der Waals surface area contributed by atoms with Crippen LogP contribution in [0.15, 0.2) is 54.6 Å². The minimum Gasteiger partial charge on any atom is -0.481 e. The van der Waals surface area contributed by atoms with Gasteiger partial charge >= 0.3 is 5.97 Å². The van der Waals surface area contributed by atoms with E-state index >= 15 is 0 Å². The van der Waals surface area contributed by atoms with Crippen molar-refractivity contribution in [1.82, 2.24) is 0 Å². The number of carboxylic acids is 1. The third kappa shape index (κ3) is 6.16. The maximum atomic E-state index is 10.9. The van der Waals surface area contributed by atoms with Crippen LogP contribution in [0.4, 0.5) is 0 Å². The molecule has 33 heavy (non-hydrogen) atoms. The van der Waals surface area contributed by atoms with Crippen LogP contribution in [0.5, 0.6) is 0 Å². The topological polar surface area (TPSA) is 66.8 Å². The van der Waals surface area contributed by atoms with Crippen molar-refractivity contribution in [2.24, 2.45) is 17.3 Å². The Balaban J connectivity index is 1.77. The first-order valence-electron chi connectivity index (χ1n) is 12.7. The summed E-state index contributed by atoms with van der Waals surface area (Å²) < 4.78 is 6.28. The summed E-state index contributed by atoms with van der Waals surface area (Å²) in [6.07, 6.45) is 15.2. The number of hydrogen-bond donors (Lipinski definition) is 2. The highest BCUT2D eigenvalue weighted by Crippen LogP contribution is 2.57. The number of hydrogen-bond acceptors (Lipinski definition) is 3. The van der Waals surface area contributed by atoms with Gasteiger partial charge in [-0.3, -0.25) is 4.79 Å². The lowest BCUT2D eigenvalue weighted by Crippen LogP contribution is -2.39. The van der Waals surface area contributed by atoms with E-state index in [2.05, 4.69) is 69.3 Å². The van der Waals surface area contributed by atoms with Crippen LogP contribution >= 0.6 is 0 Å². The standard InChI is InChI=1S/C29H42O4/c1-4-5-19-28(2,3)26(30)18-17-23-24(15-11-6-7-12-16-27(31)32)29(20-25(23)33-21-29)22-13-9-8-10-14-22/h6,8-11,13-14,17-18,23-26,30H,4-5,7,12,15-16,19-21H2,1-3H3,(H,31,32)/b11-6-,18-17+/t23-,24-,25-,26-,29-/m1/s1. The Hall–Kier alpha value is -1.91. The average Bonchev–Trinajstić information content (AvgIpc) is 3.37. The molecule has 0 aromatic heterocycles. The molecule has 1 aliphatic heterocycles. The van der Waals surface area contributed by atoms with Gasteiger partial charge in [0.15, 0.2) is 0 Å². The Morgan fingerprint density at radius 1 is 1.24 bits per heavy atom. The number of carboxylic acid groups (broad SMARTS) is 1. The highest BCUT2D eigenvalue weighted by molar-refractivity contribution is 5.66. The average molecular weight is 455 g/mol. The molecule has 182 valence electrons. The molecule has 1 saturated carbocycles. The van der Waals surface area contributed by atoms with E-state index in [1.165, 1.54) is 5.56 Å². The molecule has 4 heteroatoms. The van der Waals surface area contributed by atoms with Gasteiger partial charge in [0.2, 0.25) is 0 Å². The number of carbonyl (C=O) groups is 1. The van der Waals surface area contributed by atoms with Crippen molar-refractivity contribution in [3.05, 3.63) is 60.2 Å². The Morgan fingerprint density at radius 2 is 2.00 bits per heavy atom. The molecular weight excluding hydrogens is 412 g/mol. The van der Waals surface area contributed by atoms with Gasteiger partial charge in [0.1, 0.15) is 0 Å². The number of aliphatic hydroxyl groups excluding tert-OH is 1. The van der Waals surface area contributed by atoms with Gasteiger partial charge in [0, 0.05) is 17.8 Å². The fourth-order valence-electron chi connectivity index (χ4n) is 5.70. The predicted octanol–water partition coefficient (Wildman–Crippen LogP) is 6.29. The lowest BCUT2D eigenvalue weighted by atomic mass is 9.69. The van der Waals surface area contributed by atoms with E-state index in [0.29, 0.717) is 12.3 Å². The fourth-order valence-corrected chi connectivity index (χ4v) is 5.70. The van der Waals surface area contributed by atoms with Crippen LogP contribution in [-0.2, 0) is 14.9 Å². The van der Waals surface area contributed by atoms with Gasteiger partial charge in [-0.25, -0.2) is 0 Å². The molecule has 0 unspecified atom stereocenters. The first kappa shape index (κ1) is 25.7. The number of fused-ring (bicyclic) bond motifs is 2. The quantitative estimate of drug-likeness (QED) is 0.271. The maximum Gasteiger partial charge on any atom is 0.303 e. The van der Waals surface area contributed by atoms with Gasteiger partial charge in [0.05, 0.1) is 18.8 Å². The Bertz CT molecular complexity index is 812. The summed E-state index contributed by atoms with van der Waals surface area (Å²) in [4.78, 5) is 10.8. The second kappa shape index (κ2) is 11.5. The Labute approximate surface area is 199 Å². The number of allylic oxidation sites excluding steroid dienone is 2. The molecular formula is C29H42O4. The number of rotatable bonds is 13. The fraction of sp³-hybridized carbons (Fsp3) is 0.621. The molecule has 2 bridgehead atoms. The van der Waals surface area contributed by atoms with E-state index in [1.807, 2.05) is 6.08 Å². The monoisotopic (exact) mass is 454 g/mol. The Morgan fingerprint density at radius 3 is 2.70 bits per heavy atom. The predicted molar refractivity (Wildman–Crippen MR) is 133 cm³/mol. The van der Waals surface area contributed by atoms with Gasteiger partial charge in [-0.1, -0.05) is 88.2 Å². The lowest BCUT2D eigenvalue weighted by molar-refractivity contribution is -0.137. The SMILES string of the molecule is CCCCC(C)(C)[C@H](O)/C=C/[C@@H]1[C@@H](C/C=C\CCCC(=O)O)[C@@]2(c3ccccc3)CO[C@@H]1C2. The molecule has 2 N–H and O–H groups in total. The van der Waals surface area contributed by atoms with Crippen molar-refractivity contribution >= 4 is 5.97 Å². The first-order chi connectivity index (χ1) is 15.8. The Kier molecular flexibility index (Phi) is 8.95. The van der Waals surface area contributed by atoms with Crippen LogP contribution in [0.2, 0.25) is 0 Å². The van der Waals surface area contributed by atoms with Crippen LogP contribution < -0.4 is 0 Å². The molecule has 1 saturated heterocycles. The number of unbranched alkanes of at least 4 members (excludes halogenated alkanes) is 2. The summed E-state index contributed by atoms with van der Waals surface area (Å²) in [6.45, 7) is 7.23. The molecule has 1 heterocycles. The first-order valence-corrected chi connectivity index (χ1v) is 12.7. The molecule has 5 atom stereocenters. The molecule has 0 spiro atoms. The summed E-state index contributed by atoms with van der Waals surface area (Å²) in [7, 11) is 0. The van der Waals surface area contributed by atoms with Gasteiger partial charge in [0.25, 0.3) is 0 Å². The minimum absolute atomic E-state index is 0.00494. The molecule has 2 aliphatic rings. The zero-order chi connectivity index (χ0) is 23.9.